The van der Waals surface area contributed by atoms with Gasteiger partial charge < -0.3 is 5.11 Å². The second-order valence-electron chi connectivity index (χ2n) is 3.82. The quantitative estimate of drug-likeness (QED) is 0.694. The van der Waals surface area contributed by atoms with Crippen molar-refractivity contribution in [2.45, 2.75) is 19.9 Å². The molecule has 0 spiro atoms. The van der Waals surface area contributed by atoms with Gasteiger partial charge in [0, 0.05) is 26.4 Å². The molecule has 0 radical (unpaired) electrons. The maximum Gasteiger partial charge on any atom is 0.279 e. The fourth-order valence-electron chi connectivity index (χ4n) is 1.29. The zero-order chi connectivity index (χ0) is 13.6. The third-order valence-corrected chi connectivity index (χ3v) is 3.82. The molecule has 0 aromatic carbocycles. The Kier molecular flexibility index (Phi) is 5.60. The van der Waals surface area contributed by atoms with Gasteiger partial charge >= 0.3 is 0 Å². The molecule has 7 nitrogen and oxygen atoms in total. The van der Waals surface area contributed by atoms with Gasteiger partial charge in [0.15, 0.2) is 0 Å². The monoisotopic (exact) mass is 274 g/mol. The number of rotatable bonds is 7. The number of nitrogens with zero attached hydrogens (tertiary/aromatic N) is 3. The molecule has 1 heterocycles. The lowest BCUT2D eigenvalue weighted by molar-refractivity contribution is 0.275. The predicted octanol–water partition coefficient (Wildman–Crippen LogP) is -0.566. The van der Waals surface area contributed by atoms with Gasteiger partial charge in [-0.25, -0.2) is 9.97 Å². The van der Waals surface area contributed by atoms with E-state index >= 15 is 0 Å². The molecule has 102 valence electrons. The minimum absolute atomic E-state index is 0.0367. The second kappa shape index (κ2) is 6.74. The highest BCUT2D eigenvalue weighted by molar-refractivity contribution is 7.87. The third-order valence-electron chi connectivity index (χ3n) is 2.31. The topological polar surface area (TPSA) is 95.4 Å². The van der Waals surface area contributed by atoms with Crippen molar-refractivity contribution < 1.29 is 13.5 Å². The van der Waals surface area contributed by atoms with Crippen LogP contribution in [0.5, 0.6) is 0 Å². The Hall–Kier alpha value is -1.09. The van der Waals surface area contributed by atoms with Crippen LogP contribution < -0.4 is 4.72 Å². The first-order valence-corrected chi connectivity index (χ1v) is 7.00. The van der Waals surface area contributed by atoms with Crippen molar-refractivity contribution in [3.8, 4) is 0 Å². The van der Waals surface area contributed by atoms with Crippen LogP contribution in [0.1, 0.15) is 17.9 Å². The van der Waals surface area contributed by atoms with Gasteiger partial charge in [-0.05, 0) is 19.4 Å². The van der Waals surface area contributed by atoms with E-state index in [4.69, 9.17) is 5.11 Å². The van der Waals surface area contributed by atoms with E-state index in [2.05, 4.69) is 14.7 Å². The third kappa shape index (κ3) is 4.65. The van der Waals surface area contributed by atoms with Crippen molar-refractivity contribution in [1.29, 1.82) is 0 Å². The average Bonchev–Trinajstić information content (AvgIpc) is 2.33. The highest BCUT2D eigenvalue weighted by Gasteiger charge is 2.16. The number of aryl methyl sites for hydroxylation is 1. The van der Waals surface area contributed by atoms with E-state index in [-0.39, 0.29) is 19.7 Å². The van der Waals surface area contributed by atoms with Gasteiger partial charge in [0.25, 0.3) is 10.2 Å². The summed E-state index contributed by atoms with van der Waals surface area (Å²) in [6.07, 6.45) is 1.99. The van der Waals surface area contributed by atoms with Crippen molar-refractivity contribution in [2.24, 2.45) is 0 Å². The molecule has 1 aromatic rings. The zero-order valence-electron chi connectivity index (χ0n) is 10.5. The predicted molar refractivity (Wildman–Crippen MR) is 66.9 cm³/mol. The Morgan fingerprint density at radius 3 is 2.83 bits per heavy atom. The molecule has 0 amide bonds. The number of hydrogen-bond acceptors (Lipinski definition) is 5. The van der Waals surface area contributed by atoms with Crippen LogP contribution in [0.25, 0.3) is 0 Å². The SMILES string of the molecule is Cc1nccc(CNS(=O)(=O)N(C)CCCO)n1. The van der Waals surface area contributed by atoms with E-state index in [9.17, 15) is 8.42 Å². The molecule has 0 fully saturated rings. The number of nitrogens with one attached hydrogen (secondary N) is 1. The lowest BCUT2D eigenvalue weighted by Gasteiger charge is -2.16. The van der Waals surface area contributed by atoms with Crippen LogP contribution in [0.3, 0.4) is 0 Å². The van der Waals surface area contributed by atoms with Crippen LogP contribution in [0.15, 0.2) is 12.3 Å². The van der Waals surface area contributed by atoms with Gasteiger partial charge in [-0.1, -0.05) is 0 Å². The molecule has 0 saturated heterocycles. The van der Waals surface area contributed by atoms with Gasteiger partial charge in [-0.15, -0.1) is 0 Å². The van der Waals surface area contributed by atoms with Crippen LogP contribution in [0.4, 0.5) is 0 Å². The highest BCUT2D eigenvalue weighted by atomic mass is 32.2. The van der Waals surface area contributed by atoms with E-state index in [0.717, 1.165) is 4.31 Å². The summed E-state index contributed by atoms with van der Waals surface area (Å²) in [5.41, 5.74) is 0.613. The zero-order valence-corrected chi connectivity index (χ0v) is 11.3. The number of aromatic nitrogens is 2. The molecule has 0 bridgehead atoms. The van der Waals surface area contributed by atoms with Crippen molar-refractivity contribution >= 4 is 10.2 Å². The Balaban J connectivity index is 2.56. The molecule has 0 aliphatic rings. The molecule has 0 aliphatic carbocycles. The van der Waals surface area contributed by atoms with Crippen molar-refractivity contribution in [1.82, 2.24) is 19.0 Å². The van der Waals surface area contributed by atoms with Crippen molar-refractivity contribution in [3.05, 3.63) is 23.8 Å². The van der Waals surface area contributed by atoms with Crippen LogP contribution in [-0.2, 0) is 16.8 Å². The largest absolute Gasteiger partial charge is 0.396 e. The van der Waals surface area contributed by atoms with Crippen molar-refractivity contribution in [2.75, 3.05) is 20.2 Å². The van der Waals surface area contributed by atoms with Gasteiger partial charge in [0.1, 0.15) is 5.82 Å². The van der Waals surface area contributed by atoms with Gasteiger partial charge in [-0.3, -0.25) is 0 Å². The summed E-state index contributed by atoms with van der Waals surface area (Å²) in [4.78, 5) is 8.03. The molecule has 2 N–H and O–H groups in total. The molecule has 18 heavy (non-hydrogen) atoms. The van der Waals surface area contributed by atoms with Crippen molar-refractivity contribution in [3.63, 3.8) is 0 Å². The summed E-state index contributed by atoms with van der Waals surface area (Å²) < 4.78 is 27.2. The van der Waals surface area contributed by atoms with E-state index in [1.54, 1.807) is 19.2 Å². The number of aliphatic hydroxyl groups is 1. The lowest BCUT2D eigenvalue weighted by atomic mass is 10.4. The molecule has 8 heteroatoms. The Bertz CT molecular complexity index is 478. The van der Waals surface area contributed by atoms with E-state index in [1.165, 1.54) is 7.05 Å². The average molecular weight is 274 g/mol. The van der Waals surface area contributed by atoms with E-state index in [1.807, 2.05) is 0 Å². The van der Waals surface area contributed by atoms with Gasteiger partial charge in [0.2, 0.25) is 0 Å². The molecule has 1 aromatic heterocycles. The van der Waals surface area contributed by atoms with E-state index < -0.39 is 10.2 Å². The summed E-state index contributed by atoms with van der Waals surface area (Å²) in [7, 11) is -2.07. The highest BCUT2D eigenvalue weighted by Crippen LogP contribution is 1.99. The molecule has 0 atom stereocenters. The first-order valence-electron chi connectivity index (χ1n) is 5.56. The lowest BCUT2D eigenvalue weighted by Crippen LogP contribution is -2.38. The standard InChI is InChI=1S/C10H18N4O3S/c1-9-11-5-4-10(13-9)8-12-18(16,17)14(2)6-3-7-15/h4-5,12,15H,3,6-8H2,1-2H3. The molecule has 0 aliphatic heterocycles. The van der Waals surface area contributed by atoms with Crippen LogP contribution in [-0.4, -0.2) is 48.0 Å². The number of hydrogen-bond donors (Lipinski definition) is 2. The smallest absolute Gasteiger partial charge is 0.279 e. The molecule has 0 unspecified atom stereocenters. The van der Waals surface area contributed by atoms with Crippen LogP contribution in [0.2, 0.25) is 0 Å². The first kappa shape index (κ1) is 15.0. The van der Waals surface area contributed by atoms with E-state index in [0.29, 0.717) is 17.9 Å². The molecular formula is C10H18N4O3S. The molecule has 0 saturated carbocycles. The van der Waals surface area contributed by atoms with Crippen LogP contribution >= 0.6 is 0 Å². The minimum Gasteiger partial charge on any atom is -0.396 e. The van der Waals surface area contributed by atoms with Crippen LogP contribution in [0, 0.1) is 6.92 Å². The number of aliphatic hydroxyl groups excluding tert-OH is 1. The summed E-state index contributed by atoms with van der Waals surface area (Å²) in [6, 6.07) is 1.66. The normalized spacial score (nSPS) is 12.0. The van der Waals surface area contributed by atoms with Gasteiger partial charge in [-0.2, -0.15) is 17.4 Å². The first-order chi connectivity index (χ1) is 8.45. The minimum atomic E-state index is -3.53. The summed E-state index contributed by atoms with van der Waals surface area (Å²) in [5.74, 6) is 0.598. The molecular weight excluding hydrogens is 256 g/mol. The second-order valence-corrected chi connectivity index (χ2v) is 5.68. The fraction of sp³-hybridized carbons (Fsp3) is 0.600. The maximum absolute atomic E-state index is 11.8. The Morgan fingerprint density at radius 2 is 2.22 bits per heavy atom. The Morgan fingerprint density at radius 1 is 1.50 bits per heavy atom. The maximum atomic E-state index is 11.8. The summed E-state index contributed by atoms with van der Waals surface area (Å²) in [6.45, 7) is 2.10. The van der Waals surface area contributed by atoms with Gasteiger partial charge in [0.05, 0.1) is 12.2 Å². The summed E-state index contributed by atoms with van der Waals surface area (Å²) in [5, 5.41) is 8.66. The Labute approximate surface area is 107 Å². The molecule has 1 rings (SSSR count). The summed E-state index contributed by atoms with van der Waals surface area (Å²) >= 11 is 0. The fourth-order valence-corrected chi connectivity index (χ4v) is 2.21.